The topological polar surface area (TPSA) is 56.1 Å². The Morgan fingerprint density at radius 3 is 2.84 bits per heavy atom. The van der Waals surface area contributed by atoms with Gasteiger partial charge in [0.2, 0.25) is 0 Å². The molecule has 0 fully saturated rings. The molecule has 0 atom stereocenters. The number of hydrogen-bond acceptors (Lipinski definition) is 3. The first-order valence-electron chi connectivity index (χ1n) is 6.32. The Balaban J connectivity index is 1.88. The molecule has 1 aromatic carbocycles. The van der Waals surface area contributed by atoms with Gasteiger partial charge in [0.05, 0.1) is 17.4 Å². The summed E-state index contributed by atoms with van der Waals surface area (Å²) in [5.41, 5.74) is 1.56. The standard InChI is InChI=1S/C14H19N3O2/c1-14(2,3)19-13(18)15-8-9-17-10-16-11-6-4-5-7-12(11)17/h4-7,10H,8-9H2,1-3H3,(H,15,18). The van der Waals surface area contributed by atoms with E-state index in [4.69, 9.17) is 4.74 Å². The first-order chi connectivity index (χ1) is 8.96. The SMILES string of the molecule is CC(C)(C)OC(=O)NCCn1cnc2ccccc21. The molecule has 0 radical (unpaired) electrons. The van der Waals surface area contributed by atoms with Gasteiger partial charge in [0.15, 0.2) is 0 Å². The normalized spacial score (nSPS) is 11.5. The van der Waals surface area contributed by atoms with E-state index < -0.39 is 11.7 Å². The van der Waals surface area contributed by atoms with Gasteiger partial charge in [-0.25, -0.2) is 9.78 Å². The first kappa shape index (κ1) is 13.4. The van der Waals surface area contributed by atoms with Crippen molar-refractivity contribution in [1.29, 1.82) is 0 Å². The lowest BCUT2D eigenvalue weighted by atomic mass is 10.2. The molecule has 19 heavy (non-hydrogen) atoms. The molecule has 0 saturated heterocycles. The van der Waals surface area contributed by atoms with Crippen LogP contribution in [-0.2, 0) is 11.3 Å². The maximum atomic E-state index is 11.5. The van der Waals surface area contributed by atoms with E-state index in [1.807, 2.05) is 49.6 Å². The number of ether oxygens (including phenoxy) is 1. The molecule has 1 N–H and O–H groups in total. The zero-order chi connectivity index (χ0) is 13.9. The van der Waals surface area contributed by atoms with Crippen molar-refractivity contribution in [3.8, 4) is 0 Å². The van der Waals surface area contributed by atoms with Crippen LogP contribution in [0.15, 0.2) is 30.6 Å². The number of amides is 1. The van der Waals surface area contributed by atoms with Crippen LogP contribution in [0.3, 0.4) is 0 Å². The van der Waals surface area contributed by atoms with Crippen molar-refractivity contribution < 1.29 is 9.53 Å². The molecule has 2 rings (SSSR count). The number of benzene rings is 1. The smallest absolute Gasteiger partial charge is 0.407 e. The summed E-state index contributed by atoms with van der Waals surface area (Å²) >= 11 is 0. The van der Waals surface area contributed by atoms with Gasteiger partial charge in [-0.15, -0.1) is 0 Å². The van der Waals surface area contributed by atoms with Gasteiger partial charge in [0.25, 0.3) is 0 Å². The second kappa shape index (κ2) is 5.30. The van der Waals surface area contributed by atoms with Crippen LogP contribution < -0.4 is 5.32 Å². The maximum absolute atomic E-state index is 11.5. The average molecular weight is 261 g/mol. The molecule has 0 aliphatic rings. The zero-order valence-corrected chi connectivity index (χ0v) is 11.5. The number of alkyl carbamates (subject to hydrolysis) is 1. The summed E-state index contributed by atoms with van der Waals surface area (Å²) in [6.07, 6.45) is 1.39. The molecule has 0 bridgehead atoms. The number of imidazole rings is 1. The number of nitrogens with zero attached hydrogens (tertiary/aromatic N) is 2. The van der Waals surface area contributed by atoms with Crippen LogP contribution in [0, 0.1) is 0 Å². The molecule has 0 spiro atoms. The van der Waals surface area contributed by atoms with Crippen molar-refractivity contribution >= 4 is 17.1 Å². The number of fused-ring (bicyclic) bond motifs is 1. The molecule has 1 amide bonds. The Morgan fingerprint density at radius 2 is 2.11 bits per heavy atom. The van der Waals surface area contributed by atoms with E-state index in [2.05, 4.69) is 10.3 Å². The summed E-state index contributed by atoms with van der Waals surface area (Å²) in [5.74, 6) is 0. The number of carbonyl (C=O) groups excluding carboxylic acids is 1. The summed E-state index contributed by atoms with van der Waals surface area (Å²) in [6.45, 7) is 6.71. The summed E-state index contributed by atoms with van der Waals surface area (Å²) in [5, 5.41) is 2.73. The highest BCUT2D eigenvalue weighted by Gasteiger charge is 2.15. The van der Waals surface area contributed by atoms with Gasteiger partial charge in [-0.2, -0.15) is 0 Å². The number of nitrogens with one attached hydrogen (secondary N) is 1. The predicted octanol–water partition coefficient (Wildman–Crippen LogP) is 2.56. The number of carbonyl (C=O) groups is 1. The van der Waals surface area contributed by atoms with Crippen LogP contribution in [0.2, 0.25) is 0 Å². The van der Waals surface area contributed by atoms with Crippen LogP contribution in [-0.4, -0.2) is 27.8 Å². The average Bonchev–Trinajstić information content (AvgIpc) is 2.70. The van der Waals surface area contributed by atoms with Crippen molar-refractivity contribution in [2.75, 3.05) is 6.54 Å². The van der Waals surface area contributed by atoms with Crippen molar-refractivity contribution in [3.63, 3.8) is 0 Å². The summed E-state index contributed by atoms with van der Waals surface area (Å²) < 4.78 is 7.18. The monoisotopic (exact) mass is 261 g/mol. The van der Waals surface area contributed by atoms with Gasteiger partial charge in [-0.3, -0.25) is 0 Å². The molecule has 5 heteroatoms. The van der Waals surface area contributed by atoms with Crippen LogP contribution in [0.5, 0.6) is 0 Å². The van der Waals surface area contributed by atoms with E-state index in [0.717, 1.165) is 11.0 Å². The molecule has 1 aromatic heterocycles. The van der Waals surface area contributed by atoms with Gasteiger partial charge in [0, 0.05) is 13.1 Å². The minimum absolute atomic E-state index is 0.392. The molecular formula is C14H19N3O2. The first-order valence-corrected chi connectivity index (χ1v) is 6.32. The van der Waals surface area contributed by atoms with Crippen molar-refractivity contribution in [2.45, 2.75) is 32.9 Å². The molecule has 0 aliphatic heterocycles. The maximum Gasteiger partial charge on any atom is 0.407 e. The van der Waals surface area contributed by atoms with Gasteiger partial charge in [-0.1, -0.05) is 12.1 Å². The van der Waals surface area contributed by atoms with Gasteiger partial charge < -0.3 is 14.6 Å². The van der Waals surface area contributed by atoms with E-state index in [1.54, 1.807) is 6.33 Å². The van der Waals surface area contributed by atoms with E-state index in [0.29, 0.717) is 13.1 Å². The fraction of sp³-hybridized carbons (Fsp3) is 0.429. The lowest BCUT2D eigenvalue weighted by molar-refractivity contribution is 0.0526. The number of rotatable bonds is 3. The van der Waals surface area contributed by atoms with E-state index >= 15 is 0 Å². The molecule has 102 valence electrons. The third kappa shape index (κ3) is 3.71. The van der Waals surface area contributed by atoms with Gasteiger partial charge in [-0.05, 0) is 32.9 Å². The van der Waals surface area contributed by atoms with Crippen molar-refractivity contribution in [3.05, 3.63) is 30.6 Å². The second-order valence-electron chi connectivity index (χ2n) is 5.36. The fourth-order valence-corrected chi connectivity index (χ4v) is 1.78. The molecule has 5 nitrogen and oxygen atoms in total. The Hall–Kier alpha value is -2.04. The summed E-state index contributed by atoms with van der Waals surface area (Å²) in [6, 6.07) is 7.91. The van der Waals surface area contributed by atoms with E-state index in [9.17, 15) is 4.79 Å². The Morgan fingerprint density at radius 1 is 1.37 bits per heavy atom. The fourth-order valence-electron chi connectivity index (χ4n) is 1.78. The van der Waals surface area contributed by atoms with E-state index in [1.165, 1.54) is 0 Å². The lowest BCUT2D eigenvalue weighted by Crippen LogP contribution is -2.34. The highest BCUT2D eigenvalue weighted by Crippen LogP contribution is 2.11. The minimum Gasteiger partial charge on any atom is -0.444 e. The van der Waals surface area contributed by atoms with Crippen molar-refractivity contribution in [1.82, 2.24) is 14.9 Å². The molecular weight excluding hydrogens is 242 g/mol. The number of para-hydroxylation sites is 2. The quantitative estimate of drug-likeness (QED) is 0.923. The zero-order valence-electron chi connectivity index (χ0n) is 11.5. The second-order valence-corrected chi connectivity index (χ2v) is 5.36. The third-order valence-electron chi connectivity index (χ3n) is 2.55. The van der Waals surface area contributed by atoms with Crippen LogP contribution in [0.1, 0.15) is 20.8 Å². The van der Waals surface area contributed by atoms with Crippen molar-refractivity contribution in [2.24, 2.45) is 0 Å². The number of hydrogen-bond donors (Lipinski definition) is 1. The Bertz CT molecular complexity index is 569. The molecule has 0 unspecified atom stereocenters. The number of aromatic nitrogens is 2. The Labute approximate surface area is 112 Å². The highest BCUT2D eigenvalue weighted by molar-refractivity contribution is 5.75. The Kier molecular flexibility index (Phi) is 3.74. The summed E-state index contributed by atoms with van der Waals surface area (Å²) in [7, 11) is 0. The minimum atomic E-state index is -0.466. The van der Waals surface area contributed by atoms with Crippen LogP contribution in [0.25, 0.3) is 11.0 Å². The highest BCUT2D eigenvalue weighted by atomic mass is 16.6. The van der Waals surface area contributed by atoms with Gasteiger partial charge >= 0.3 is 6.09 Å². The lowest BCUT2D eigenvalue weighted by Gasteiger charge is -2.19. The summed E-state index contributed by atoms with van der Waals surface area (Å²) in [4.78, 5) is 15.8. The van der Waals surface area contributed by atoms with Crippen LogP contribution >= 0.6 is 0 Å². The van der Waals surface area contributed by atoms with Gasteiger partial charge in [0.1, 0.15) is 5.60 Å². The third-order valence-corrected chi connectivity index (χ3v) is 2.55. The molecule has 0 saturated carbocycles. The molecule has 1 heterocycles. The molecule has 0 aliphatic carbocycles. The molecule has 2 aromatic rings. The largest absolute Gasteiger partial charge is 0.444 e. The predicted molar refractivity (Wildman–Crippen MR) is 74.0 cm³/mol. The van der Waals surface area contributed by atoms with Crippen LogP contribution in [0.4, 0.5) is 4.79 Å². The van der Waals surface area contributed by atoms with E-state index in [-0.39, 0.29) is 0 Å².